The summed E-state index contributed by atoms with van der Waals surface area (Å²) in [6, 6.07) is 1.44. The van der Waals surface area contributed by atoms with Crippen LogP contribution in [0.1, 0.15) is 32.6 Å². The van der Waals surface area contributed by atoms with Crippen molar-refractivity contribution in [3.63, 3.8) is 0 Å². The second kappa shape index (κ2) is 7.07. The van der Waals surface area contributed by atoms with E-state index in [-0.39, 0.29) is 12.0 Å². The van der Waals surface area contributed by atoms with Gasteiger partial charge in [-0.25, -0.2) is 9.78 Å². The summed E-state index contributed by atoms with van der Waals surface area (Å²) in [5.74, 6) is 0.855. The van der Waals surface area contributed by atoms with Crippen molar-refractivity contribution < 1.29 is 14.3 Å². The van der Waals surface area contributed by atoms with Crippen molar-refractivity contribution in [1.82, 2.24) is 9.97 Å². The first-order valence-corrected chi connectivity index (χ1v) is 7.06. The molecule has 1 aliphatic rings. The summed E-state index contributed by atoms with van der Waals surface area (Å²) in [7, 11) is 1.41. The Morgan fingerprint density at radius 1 is 1.50 bits per heavy atom. The van der Waals surface area contributed by atoms with E-state index in [2.05, 4.69) is 9.97 Å². The maximum atomic E-state index is 11.9. The van der Waals surface area contributed by atoms with Gasteiger partial charge in [-0.3, -0.25) is 0 Å². The molecule has 1 unspecified atom stereocenters. The van der Waals surface area contributed by atoms with Gasteiger partial charge in [0, 0.05) is 18.8 Å². The number of carbonyl (C=O) groups excluding carboxylic acids is 1. The minimum absolute atomic E-state index is 0.229. The molecule has 110 valence electrons. The number of piperidine rings is 1. The lowest BCUT2D eigenvalue weighted by atomic mass is 10.0. The number of hydrogen-bond acceptors (Lipinski definition) is 6. The number of anilines is 1. The van der Waals surface area contributed by atoms with E-state index < -0.39 is 0 Å². The highest BCUT2D eigenvalue weighted by molar-refractivity contribution is 5.79. The topological polar surface area (TPSA) is 64.5 Å². The van der Waals surface area contributed by atoms with Crippen molar-refractivity contribution in [1.29, 1.82) is 0 Å². The number of ether oxygens (including phenoxy) is 2. The fourth-order valence-corrected chi connectivity index (χ4v) is 2.31. The van der Waals surface area contributed by atoms with Crippen LogP contribution in [0.3, 0.4) is 0 Å². The van der Waals surface area contributed by atoms with Crippen LogP contribution in [0.15, 0.2) is 12.3 Å². The maximum Gasteiger partial charge on any atom is 0.328 e. The van der Waals surface area contributed by atoms with Crippen LogP contribution in [0.5, 0.6) is 5.88 Å². The molecule has 6 heteroatoms. The van der Waals surface area contributed by atoms with Crippen molar-refractivity contribution in [3.05, 3.63) is 12.3 Å². The predicted octanol–water partition coefficient (Wildman–Crippen LogP) is 1.80. The molecule has 1 saturated heterocycles. The number of aromatic nitrogens is 2. The fraction of sp³-hybridized carbons (Fsp3) is 0.643. The van der Waals surface area contributed by atoms with E-state index in [4.69, 9.17) is 9.47 Å². The van der Waals surface area contributed by atoms with Crippen LogP contribution in [0.4, 0.5) is 5.95 Å². The van der Waals surface area contributed by atoms with E-state index in [9.17, 15) is 4.79 Å². The molecule has 1 fully saturated rings. The molecule has 20 heavy (non-hydrogen) atoms. The number of rotatable bonds is 5. The number of hydrogen-bond donors (Lipinski definition) is 0. The van der Waals surface area contributed by atoms with Gasteiger partial charge in [0.25, 0.3) is 0 Å². The third-order valence-corrected chi connectivity index (χ3v) is 3.30. The molecule has 0 saturated carbocycles. The van der Waals surface area contributed by atoms with Gasteiger partial charge in [0.1, 0.15) is 6.04 Å². The highest BCUT2D eigenvalue weighted by atomic mass is 16.5. The van der Waals surface area contributed by atoms with Gasteiger partial charge in [-0.2, -0.15) is 4.98 Å². The third-order valence-electron chi connectivity index (χ3n) is 3.30. The molecule has 1 aliphatic heterocycles. The normalized spacial score (nSPS) is 18.7. The molecule has 0 N–H and O–H groups in total. The molecule has 6 nitrogen and oxygen atoms in total. The Kier molecular flexibility index (Phi) is 5.15. The second-order valence-electron chi connectivity index (χ2n) is 4.77. The Morgan fingerprint density at radius 2 is 2.35 bits per heavy atom. The zero-order chi connectivity index (χ0) is 14.4. The molecule has 2 heterocycles. The van der Waals surface area contributed by atoms with E-state index in [1.54, 1.807) is 12.3 Å². The average molecular weight is 279 g/mol. The number of esters is 1. The molecule has 0 radical (unpaired) electrons. The Labute approximate surface area is 119 Å². The minimum atomic E-state index is -0.296. The van der Waals surface area contributed by atoms with E-state index >= 15 is 0 Å². The third kappa shape index (κ3) is 3.37. The SMILES string of the molecule is CCCOc1ccnc(N2CCCCC2C(=O)OC)n1. The fourth-order valence-electron chi connectivity index (χ4n) is 2.31. The molecule has 0 amide bonds. The molecule has 0 aliphatic carbocycles. The average Bonchev–Trinajstić information content (AvgIpc) is 2.52. The first-order valence-electron chi connectivity index (χ1n) is 7.06. The van der Waals surface area contributed by atoms with Gasteiger partial charge in [-0.15, -0.1) is 0 Å². The molecule has 1 atom stereocenters. The van der Waals surface area contributed by atoms with Crippen LogP contribution in [-0.2, 0) is 9.53 Å². The summed E-state index contributed by atoms with van der Waals surface area (Å²) in [6.45, 7) is 3.42. The van der Waals surface area contributed by atoms with Gasteiger partial charge in [-0.05, 0) is 25.7 Å². The first kappa shape index (κ1) is 14.6. The van der Waals surface area contributed by atoms with Gasteiger partial charge in [0.15, 0.2) is 0 Å². The molecular weight excluding hydrogens is 258 g/mol. The van der Waals surface area contributed by atoms with Crippen LogP contribution in [-0.4, -0.2) is 42.2 Å². The van der Waals surface area contributed by atoms with Crippen molar-refractivity contribution >= 4 is 11.9 Å². The van der Waals surface area contributed by atoms with Crippen LogP contribution in [0.25, 0.3) is 0 Å². The number of carbonyl (C=O) groups is 1. The van der Waals surface area contributed by atoms with Gasteiger partial charge >= 0.3 is 5.97 Å². The molecule has 0 bridgehead atoms. The van der Waals surface area contributed by atoms with Crippen molar-refractivity contribution in [3.8, 4) is 5.88 Å². The van der Waals surface area contributed by atoms with Crippen LogP contribution < -0.4 is 9.64 Å². The maximum absolute atomic E-state index is 11.9. The molecular formula is C14H21N3O3. The lowest BCUT2D eigenvalue weighted by Gasteiger charge is -2.33. The number of methoxy groups -OCH3 is 1. The summed E-state index contributed by atoms with van der Waals surface area (Å²) in [6.07, 6.45) is 5.40. The van der Waals surface area contributed by atoms with Crippen molar-refractivity contribution in [2.45, 2.75) is 38.6 Å². The summed E-state index contributed by atoms with van der Waals surface area (Å²) in [4.78, 5) is 22.4. The minimum Gasteiger partial charge on any atom is -0.478 e. The summed E-state index contributed by atoms with van der Waals surface area (Å²) < 4.78 is 10.4. The second-order valence-corrected chi connectivity index (χ2v) is 4.77. The van der Waals surface area contributed by atoms with Crippen LogP contribution >= 0.6 is 0 Å². The molecule has 2 rings (SSSR count). The largest absolute Gasteiger partial charge is 0.478 e. The monoisotopic (exact) mass is 279 g/mol. The Morgan fingerprint density at radius 3 is 3.10 bits per heavy atom. The zero-order valence-electron chi connectivity index (χ0n) is 12.0. The quantitative estimate of drug-likeness (QED) is 0.766. The van der Waals surface area contributed by atoms with E-state index in [0.717, 1.165) is 32.2 Å². The van der Waals surface area contributed by atoms with Crippen molar-refractivity contribution in [2.24, 2.45) is 0 Å². The zero-order valence-corrected chi connectivity index (χ0v) is 12.0. The van der Waals surface area contributed by atoms with Gasteiger partial charge in [0.2, 0.25) is 11.8 Å². The predicted molar refractivity (Wildman–Crippen MR) is 74.8 cm³/mol. The van der Waals surface area contributed by atoms with Crippen molar-refractivity contribution in [2.75, 3.05) is 25.2 Å². The molecule has 1 aromatic rings. The summed E-state index contributed by atoms with van der Waals surface area (Å²) >= 11 is 0. The molecule has 0 aromatic carbocycles. The van der Waals surface area contributed by atoms with Gasteiger partial charge in [-0.1, -0.05) is 6.92 Å². The number of nitrogens with zero attached hydrogens (tertiary/aromatic N) is 3. The summed E-state index contributed by atoms with van der Waals surface area (Å²) in [5.41, 5.74) is 0. The molecule has 1 aromatic heterocycles. The summed E-state index contributed by atoms with van der Waals surface area (Å²) in [5, 5.41) is 0. The highest BCUT2D eigenvalue weighted by Gasteiger charge is 2.31. The van der Waals surface area contributed by atoms with E-state index in [0.29, 0.717) is 18.4 Å². The van der Waals surface area contributed by atoms with Crippen LogP contribution in [0, 0.1) is 0 Å². The van der Waals surface area contributed by atoms with Gasteiger partial charge < -0.3 is 14.4 Å². The Hall–Kier alpha value is -1.85. The van der Waals surface area contributed by atoms with Crippen LogP contribution in [0.2, 0.25) is 0 Å². The lowest BCUT2D eigenvalue weighted by Crippen LogP contribution is -2.46. The highest BCUT2D eigenvalue weighted by Crippen LogP contribution is 2.23. The lowest BCUT2D eigenvalue weighted by molar-refractivity contribution is -0.142. The van der Waals surface area contributed by atoms with E-state index in [1.165, 1.54) is 7.11 Å². The standard InChI is InChI=1S/C14H21N3O3/c1-3-10-20-12-7-8-15-14(16-12)17-9-5-4-6-11(17)13(18)19-2/h7-8,11H,3-6,9-10H2,1-2H3. The smallest absolute Gasteiger partial charge is 0.328 e. The Balaban J connectivity index is 2.16. The van der Waals surface area contributed by atoms with E-state index in [1.807, 2.05) is 11.8 Å². The Bertz CT molecular complexity index is 453. The van der Waals surface area contributed by atoms with Gasteiger partial charge in [0.05, 0.1) is 13.7 Å². The first-order chi connectivity index (χ1) is 9.76. The molecule has 0 spiro atoms.